The molecule has 28 nitrogen and oxygen atoms in total. The largest absolute Gasteiger partial charge is 0.482 e. The Bertz CT molecular complexity index is 3330. The molecule has 10 rings (SSSR count). The van der Waals surface area contributed by atoms with Crippen molar-refractivity contribution in [2.75, 3.05) is 29.6 Å². The summed E-state index contributed by atoms with van der Waals surface area (Å²) in [4.78, 5) is 110. The minimum Gasteiger partial charge on any atom is -0.482 e. The first-order valence-corrected chi connectivity index (χ1v) is 19.2. The summed E-state index contributed by atoms with van der Waals surface area (Å²) in [6.45, 7) is 0.404. The lowest BCUT2D eigenvalue weighted by Crippen LogP contribution is -2.26. The average molecular weight is 915 g/mol. The Balaban J connectivity index is 0.000000142. The SMILES string of the molecule is Nc1c[nH]c2c(C(=O)NCc3ccc4c(c3)NC(=O)CO4)ncnc12.O=C(O)c1ncnc2c([N+](=O)[O-])c[nH]c12.O=C1COc2ccc(CNC(=O)c3ncnc4c([N+](=O)[O-])c[nH]c34)cc2N1. The molecule has 8 aromatic rings. The predicted octanol–water partition coefficient (Wildman–Crippen LogP) is 2.49. The van der Waals surface area contributed by atoms with Crippen LogP contribution in [-0.4, -0.2) is 103 Å². The van der Waals surface area contributed by atoms with Crippen LogP contribution < -0.4 is 36.5 Å². The van der Waals surface area contributed by atoms with Gasteiger partial charge < -0.3 is 56.5 Å². The second-order valence-electron chi connectivity index (χ2n) is 13.9. The summed E-state index contributed by atoms with van der Waals surface area (Å²) in [7, 11) is 0. The number of nitro groups is 2. The molecule has 338 valence electrons. The van der Waals surface area contributed by atoms with Gasteiger partial charge in [0.1, 0.15) is 47.0 Å². The van der Waals surface area contributed by atoms with Crippen molar-refractivity contribution in [1.29, 1.82) is 0 Å². The number of hydrogen-bond donors (Lipinski definition) is 9. The van der Waals surface area contributed by atoms with Gasteiger partial charge in [-0.15, -0.1) is 0 Å². The highest BCUT2D eigenvalue weighted by atomic mass is 16.6. The van der Waals surface area contributed by atoms with Crippen LogP contribution in [0.25, 0.3) is 33.1 Å². The number of nitrogens with one attached hydrogen (secondary N) is 7. The normalized spacial score (nSPS) is 12.4. The van der Waals surface area contributed by atoms with Crippen LogP contribution in [0.4, 0.5) is 28.4 Å². The molecule has 2 aliphatic heterocycles. The second kappa shape index (κ2) is 18.3. The molecule has 0 aliphatic carbocycles. The number of nitrogen functional groups attached to an aromatic ring is 1. The van der Waals surface area contributed by atoms with Crippen molar-refractivity contribution in [3.63, 3.8) is 0 Å². The van der Waals surface area contributed by atoms with Crippen LogP contribution >= 0.6 is 0 Å². The summed E-state index contributed by atoms with van der Waals surface area (Å²) in [5.74, 6) is -1.43. The summed E-state index contributed by atoms with van der Waals surface area (Å²) < 4.78 is 10.6. The van der Waals surface area contributed by atoms with Crippen LogP contribution in [0.15, 0.2) is 74.0 Å². The fourth-order valence-corrected chi connectivity index (χ4v) is 6.61. The van der Waals surface area contributed by atoms with E-state index in [1.165, 1.54) is 12.5 Å². The molecule has 0 unspecified atom stereocenters. The number of nitrogens with zero attached hydrogens (tertiary/aromatic N) is 8. The summed E-state index contributed by atoms with van der Waals surface area (Å²) in [6, 6.07) is 10.5. The Labute approximate surface area is 371 Å². The maximum Gasteiger partial charge on any atom is 0.356 e. The zero-order chi connectivity index (χ0) is 47.4. The first-order chi connectivity index (χ1) is 32.2. The predicted molar refractivity (Wildman–Crippen MR) is 230 cm³/mol. The van der Waals surface area contributed by atoms with Crippen molar-refractivity contribution in [2.24, 2.45) is 0 Å². The van der Waals surface area contributed by atoms with Gasteiger partial charge in [-0.1, -0.05) is 12.1 Å². The fourth-order valence-electron chi connectivity index (χ4n) is 6.61. The Morgan fingerprint density at radius 2 is 1.06 bits per heavy atom. The number of H-pyrrole nitrogens is 3. The highest BCUT2D eigenvalue weighted by Gasteiger charge is 2.24. The van der Waals surface area contributed by atoms with E-state index < -0.39 is 21.7 Å². The lowest BCUT2D eigenvalue weighted by atomic mass is 10.1. The van der Waals surface area contributed by atoms with E-state index in [4.69, 9.17) is 20.3 Å². The zero-order valence-electron chi connectivity index (χ0n) is 33.8. The summed E-state index contributed by atoms with van der Waals surface area (Å²) in [6.07, 6.45) is 7.21. The monoisotopic (exact) mass is 914 g/mol. The molecular weight excluding hydrogens is 885 g/mol. The molecule has 0 spiro atoms. The topological polar surface area (TPSA) is 409 Å². The molecule has 0 saturated heterocycles. The Kier molecular flexibility index (Phi) is 11.9. The molecule has 0 atom stereocenters. The van der Waals surface area contributed by atoms with Gasteiger partial charge in [-0.3, -0.25) is 39.4 Å². The highest BCUT2D eigenvalue weighted by Crippen LogP contribution is 2.30. The van der Waals surface area contributed by atoms with Crippen molar-refractivity contribution in [3.8, 4) is 11.5 Å². The Morgan fingerprint density at radius 1 is 0.642 bits per heavy atom. The van der Waals surface area contributed by atoms with Gasteiger partial charge in [0.15, 0.2) is 41.3 Å². The summed E-state index contributed by atoms with van der Waals surface area (Å²) >= 11 is 0. The number of nitrogens with two attached hydrogens (primary N) is 1. The van der Waals surface area contributed by atoms with Crippen molar-refractivity contribution in [1.82, 2.24) is 55.5 Å². The number of carboxylic acids is 1. The molecule has 2 aliphatic rings. The summed E-state index contributed by atoms with van der Waals surface area (Å²) in [5.41, 5.74) is 9.64. The van der Waals surface area contributed by atoms with E-state index in [-0.39, 0.29) is 94.5 Å². The molecule has 2 aromatic carbocycles. The average Bonchev–Trinajstić information content (AvgIpc) is 4.07. The number of benzene rings is 2. The van der Waals surface area contributed by atoms with Gasteiger partial charge >= 0.3 is 17.3 Å². The second-order valence-corrected chi connectivity index (χ2v) is 13.9. The van der Waals surface area contributed by atoms with Crippen molar-refractivity contribution in [3.05, 3.63) is 122 Å². The molecule has 28 heteroatoms. The number of carbonyl (C=O) groups is 5. The number of carboxylic acid groups (broad SMARTS) is 1. The zero-order valence-corrected chi connectivity index (χ0v) is 33.8. The van der Waals surface area contributed by atoms with Gasteiger partial charge in [0.05, 0.1) is 44.8 Å². The number of aromatic amines is 3. The number of fused-ring (bicyclic) bond motifs is 5. The van der Waals surface area contributed by atoms with Crippen LogP contribution in [0, 0.1) is 20.2 Å². The fraction of sp³-hybridized carbons (Fsp3) is 0.103. The number of aromatic carboxylic acids is 1. The molecule has 67 heavy (non-hydrogen) atoms. The number of anilines is 3. The van der Waals surface area contributed by atoms with Crippen LogP contribution in [0.2, 0.25) is 0 Å². The molecular formula is C39H30N16O12. The van der Waals surface area contributed by atoms with E-state index in [9.17, 15) is 44.2 Å². The van der Waals surface area contributed by atoms with Crippen molar-refractivity contribution >= 4 is 91.1 Å². The first kappa shape index (κ1) is 43.5. The Morgan fingerprint density at radius 3 is 1.52 bits per heavy atom. The number of ether oxygens (including phenoxy) is 2. The number of amides is 4. The van der Waals surface area contributed by atoms with Gasteiger partial charge in [0.25, 0.3) is 23.6 Å². The lowest BCUT2D eigenvalue weighted by Gasteiger charge is -2.18. The molecule has 8 heterocycles. The maximum atomic E-state index is 12.5. The third kappa shape index (κ3) is 9.18. The van der Waals surface area contributed by atoms with Gasteiger partial charge in [-0.2, -0.15) is 0 Å². The van der Waals surface area contributed by atoms with E-state index >= 15 is 0 Å². The third-order valence-electron chi connectivity index (χ3n) is 9.66. The van der Waals surface area contributed by atoms with Gasteiger partial charge in [0.2, 0.25) is 0 Å². The van der Waals surface area contributed by atoms with Gasteiger partial charge in [-0.25, -0.2) is 34.7 Å². The number of rotatable bonds is 9. The number of carbonyl (C=O) groups excluding carboxylic acids is 4. The van der Waals surface area contributed by atoms with Gasteiger partial charge in [-0.05, 0) is 35.4 Å². The molecule has 4 amide bonds. The standard InChI is InChI=1S/C16H12N6O5.C16H14N6O3.C7H4N4O4/c23-12-6-27-11-2-1-8(3-9(11)21-12)4-18-16(24)15-14-13(19-7-20-15)10(5-17-14)22(25)26;17-9-5-18-14-13(9)20-7-21-15(14)16(24)19-4-8-1-2-11-10(3-8)22-12(23)6-25-11;12-7(13)6-5-4(9-2-10-6)3(1-8-5)11(14)15/h1-3,5,7,17H,4,6H2,(H,18,24)(H,21,23);1-3,5,7,18H,4,6,17H2,(H,19,24)(H,22,23);1-2,8H,(H,12,13). The molecule has 6 aromatic heterocycles. The maximum absolute atomic E-state index is 12.5. The van der Waals surface area contributed by atoms with E-state index in [1.807, 2.05) is 6.07 Å². The molecule has 10 N–H and O–H groups in total. The van der Waals surface area contributed by atoms with E-state index in [0.29, 0.717) is 39.6 Å². The van der Waals surface area contributed by atoms with Crippen LogP contribution in [0.3, 0.4) is 0 Å². The Hall–Kier alpha value is -10.2. The number of aromatic nitrogens is 9. The smallest absolute Gasteiger partial charge is 0.356 e. The minimum atomic E-state index is -1.26. The molecule has 0 bridgehead atoms. The molecule has 0 radical (unpaired) electrons. The van der Waals surface area contributed by atoms with Crippen molar-refractivity contribution < 1.29 is 48.4 Å². The molecule has 0 fully saturated rings. The quantitative estimate of drug-likeness (QED) is 0.0741. The van der Waals surface area contributed by atoms with E-state index in [0.717, 1.165) is 30.0 Å². The summed E-state index contributed by atoms with van der Waals surface area (Å²) in [5, 5.41) is 41.2. The van der Waals surface area contributed by atoms with E-state index in [2.05, 4.69) is 66.1 Å². The number of hydrogen-bond acceptors (Lipinski definition) is 18. The van der Waals surface area contributed by atoms with Gasteiger partial charge in [0, 0.05) is 19.3 Å². The van der Waals surface area contributed by atoms with Crippen LogP contribution in [-0.2, 0) is 22.7 Å². The lowest BCUT2D eigenvalue weighted by molar-refractivity contribution is -0.383. The third-order valence-corrected chi connectivity index (χ3v) is 9.66. The minimum absolute atomic E-state index is 0.00250. The highest BCUT2D eigenvalue weighted by molar-refractivity contribution is 6.06. The van der Waals surface area contributed by atoms with Crippen LogP contribution in [0.5, 0.6) is 11.5 Å². The van der Waals surface area contributed by atoms with E-state index in [1.54, 1.807) is 36.5 Å². The van der Waals surface area contributed by atoms with Crippen molar-refractivity contribution in [2.45, 2.75) is 13.1 Å². The first-order valence-electron chi connectivity index (χ1n) is 19.2. The molecule has 0 saturated carbocycles. The van der Waals surface area contributed by atoms with Crippen LogP contribution in [0.1, 0.15) is 42.6 Å².